The van der Waals surface area contributed by atoms with Crippen molar-refractivity contribution in [1.82, 2.24) is 0 Å². The number of hydrogen-bond donors (Lipinski definition) is 3. The molecule has 0 spiro atoms. The SMILES string of the molecule is CC(C)(Oc1ccc(CCOc2ccc(NC(=O)Nc3ccccc3)cc2)cc1)C(N)=O. The van der Waals surface area contributed by atoms with E-state index in [0.29, 0.717) is 30.2 Å². The summed E-state index contributed by atoms with van der Waals surface area (Å²) in [5, 5.41) is 5.55. The maximum absolute atomic E-state index is 12.0. The van der Waals surface area contributed by atoms with E-state index >= 15 is 0 Å². The van der Waals surface area contributed by atoms with Gasteiger partial charge in [0.2, 0.25) is 0 Å². The summed E-state index contributed by atoms with van der Waals surface area (Å²) in [6, 6.07) is 23.6. The average molecular weight is 434 g/mol. The predicted octanol–water partition coefficient (Wildman–Crippen LogP) is 4.59. The Kier molecular flexibility index (Phi) is 7.33. The summed E-state index contributed by atoms with van der Waals surface area (Å²) in [4.78, 5) is 23.4. The molecule has 7 nitrogen and oxygen atoms in total. The van der Waals surface area contributed by atoms with Crippen LogP contribution in [0.2, 0.25) is 0 Å². The Morgan fingerprint density at radius 3 is 1.97 bits per heavy atom. The number of nitrogens with two attached hydrogens (primary N) is 1. The molecule has 0 aliphatic heterocycles. The number of carbonyl (C=O) groups is 2. The largest absolute Gasteiger partial charge is 0.493 e. The highest BCUT2D eigenvalue weighted by molar-refractivity contribution is 5.99. The van der Waals surface area contributed by atoms with E-state index in [1.54, 1.807) is 50.2 Å². The van der Waals surface area contributed by atoms with Crippen LogP contribution in [-0.4, -0.2) is 24.1 Å². The normalized spacial score (nSPS) is 10.8. The molecule has 0 saturated heterocycles. The number of rotatable bonds is 9. The van der Waals surface area contributed by atoms with Crippen molar-refractivity contribution in [3.05, 3.63) is 84.4 Å². The van der Waals surface area contributed by atoms with Crippen molar-refractivity contribution in [3.8, 4) is 11.5 Å². The summed E-state index contributed by atoms with van der Waals surface area (Å²) >= 11 is 0. The van der Waals surface area contributed by atoms with Gasteiger partial charge >= 0.3 is 6.03 Å². The van der Waals surface area contributed by atoms with E-state index < -0.39 is 11.5 Å². The molecule has 0 aromatic heterocycles. The van der Waals surface area contributed by atoms with Crippen LogP contribution in [0.25, 0.3) is 0 Å². The molecule has 0 aliphatic rings. The van der Waals surface area contributed by atoms with Crippen molar-refractivity contribution >= 4 is 23.3 Å². The lowest BCUT2D eigenvalue weighted by Gasteiger charge is -2.22. The van der Waals surface area contributed by atoms with Gasteiger partial charge in [0.25, 0.3) is 5.91 Å². The third-order valence-corrected chi connectivity index (χ3v) is 4.69. The minimum absolute atomic E-state index is 0.309. The van der Waals surface area contributed by atoms with E-state index in [1.165, 1.54) is 0 Å². The van der Waals surface area contributed by atoms with Crippen LogP contribution in [-0.2, 0) is 11.2 Å². The van der Waals surface area contributed by atoms with Crippen LogP contribution in [0.15, 0.2) is 78.9 Å². The Hall–Kier alpha value is -4.00. The first-order valence-corrected chi connectivity index (χ1v) is 10.3. The van der Waals surface area contributed by atoms with E-state index in [2.05, 4.69) is 10.6 Å². The number of carbonyl (C=O) groups excluding carboxylic acids is 2. The molecule has 3 aromatic carbocycles. The van der Waals surface area contributed by atoms with Gasteiger partial charge in [-0.2, -0.15) is 0 Å². The van der Waals surface area contributed by atoms with Crippen molar-refractivity contribution in [2.45, 2.75) is 25.9 Å². The summed E-state index contributed by atoms with van der Waals surface area (Å²) in [6.45, 7) is 3.76. The molecule has 0 saturated carbocycles. The van der Waals surface area contributed by atoms with Crippen LogP contribution in [0.1, 0.15) is 19.4 Å². The van der Waals surface area contributed by atoms with Crippen molar-refractivity contribution in [2.75, 3.05) is 17.2 Å². The van der Waals surface area contributed by atoms with Crippen LogP contribution >= 0.6 is 0 Å². The first-order chi connectivity index (χ1) is 15.3. The Bertz CT molecular complexity index is 1030. The summed E-state index contributed by atoms with van der Waals surface area (Å²) in [7, 11) is 0. The summed E-state index contributed by atoms with van der Waals surface area (Å²) < 4.78 is 11.4. The molecule has 0 unspecified atom stereocenters. The third kappa shape index (κ3) is 6.77. The molecule has 166 valence electrons. The highest BCUT2D eigenvalue weighted by atomic mass is 16.5. The van der Waals surface area contributed by atoms with Crippen molar-refractivity contribution in [3.63, 3.8) is 0 Å². The Morgan fingerprint density at radius 2 is 1.38 bits per heavy atom. The van der Waals surface area contributed by atoms with Crippen LogP contribution in [0, 0.1) is 0 Å². The number of para-hydroxylation sites is 1. The zero-order valence-electron chi connectivity index (χ0n) is 18.1. The molecule has 3 rings (SSSR count). The fourth-order valence-corrected chi connectivity index (χ4v) is 2.81. The first kappa shape index (κ1) is 22.7. The quantitative estimate of drug-likeness (QED) is 0.459. The van der Waals surface area contributed by atoms with Gasteiger partial charge in [0.05, 0.1) is 6.61 Å². The van der Waals surface area contributed by atoms with Crippen LogP contribution in [0.3, 0.4) is 0 Å². The predicted molar refractivity (Wildman–Crippen MR) is 125 cm³/mol. The van der Waals surface area contributed by atoms with Crippen LogP contribution < -0.4 is 25.8 Å². The summed E-state index contributed by atoms with van der Waals surface area (Å²) in [5.41, 5.74) is 6.73. The van der Waals surface area contributed by atoms with Crippen LogP contribution in [0.4, 0.5) is 16.2 Å². The number of benzene rings is 3. The molecule has 0 bridgehead atoms. The van der Waals surface area contributed by atoms with Gasteiger partial charge in [0.15, 0.2) is 5.60 Å². The molecule has 32 heavy (non-hydrogen) atoms. The molecule has 0 aliphatic carbocycles. The molecule has 3 amide bonds. The maximum Gasteiger partial charge on any atom is 0.323 e. The molecule has 7 heteroatoms. The van der Waals surface area contributed by atoms with Gasteiger partial charge in [-0.1, -0.05) is 30.3 Å². The van der Waals surface area contributed by atoms with Gasteiger partial charge in [0.1, 0.15) is 11.5 Å². The van der Waals surface area contributed by atoms with E-state index in [4.69, 9.17) is 15.2 Å². The molecule has 0 radical (unpaired) electrons. The minimum atomic E-state index is -1.06. The number of amides is 3. The van der Waals surface area contributed by atoms with Gasteiger partial charge in [0, 0.05) is 17.8 Å². The van der Waals surface area contributed by atoms with Gasteiger partial charge in [-0.15, -0.1) is 0 Å². The highest BCUT2D eigenvalue weighted by Gasteiger charge is 2.26. The fraction of sp³-hybridized carbons (Fsp3) is 0.200. The number of primary amides is 1. The zero-order chi connectivity index (χ0) is 23.0. The van der Waals surface area contributed by atoms with Crippen molar-refractivity contribution in [2.24, 2.45) is 5.73 Å². The molecular weight excluding hydrogens is 406 g/mol. The van der Waals surface area contributed by atoms with Gasteiger partial charge < -0.3 is 25.8 Å². The topological polar surface area (TPSA) is 103 Å². The number of hydrogen-bond acceptors (Lipinski definition) is 4. The standard InChI is InChI=1S/C25H27N3O4/c1-25(2,23(26)29)32-22-12-8-18(9-13-22)16-17-31-21-14-10-20(11-15-21)28-24(30)27-19-6-4-3-5-7-19/h3-15H,16-17H2,1-2H3,(H2,26,29)(H2,27,28,30). The number of nitrogens with one attached hydrogen (secondary N) is 2. The second-order valence-corrected chi connectivity index (χ2v) is 7.69. The smallest absolute Gasteiger partial charge is 0.323 e. The van der Waals surface area contributed by atoms with Crippen molar-refractivity contribution < 1.29 is 19.1 Å². The lowest BCUT2D eigenvalue weighted by molar-refractivity contribution is -0.130. The monoisotopic (exact) mass is 433 g/mol. The summed E-state index contributed by atoms with van der Waals surface area (Å²) in [6.07, 6.45) is 0.707. The van der Waals surface area contributed by atoms with E-state index in [-0.39, 0.29) is 6.03 Å². The Morgan fingerprint density at radius 1 is 0.812 bits per heavy atom. The van der Waals surface area contributed by atoms with Crippen LogP contribution in [0.5, 0.6) is 11.5 Å². The lowest BCUT2D eigenvalue weighted by atomic mass is 10.1. The van der Waals surface area contributed by atoms with Gasteiger partial charge in [-0.25, -0.2) is 4.79 Å². The Labute approximate surface area is 187 Å². The van der Waals surface area contributed by atoms with E-state index in [0.717, 1.165) is 11.3 Å². The lowest BCUT2D eigenvalue weighted by Crippen LogP contribution is -2.43. The molecular formula is C25H27N3O4. The van der Waals surface area contributed by atoms with Gasteiger partial charge in [-0.05, 0) is 67.9 Å². The number of anilines is 2. The maximum atomic E-state index is 12.0. The first-order valence-electron chi connectivity index (χ1n) is 10.3. The number of urea groups is 1. The Balaban J connectivity index is 1.43. The molecule has 4 N–H and O–H groups in total. The number of ether oxygens (including phenoxy) is 2. The summed E-state index contributed by atoms with van der Waals surface area (Å²) in [5.74, 6) is 0.771. The third-order valence-electron chi connectivity index (χ3n) is 4.69. The molecule has 0 heterocycles. The van der Waals surface area contributed by atoms with Gasteiger partial charge in [-0.3, -0.25) is 4.79 Å². The zero-order valence-corrected chi connectivity index (χ0v) is 18.1. The highest BCUT2D eigenvalue weighted by Crippen LogP contribution is 2.20. The minimum Gasteiger partial charge on any atom is -0.493 e. The average Bonchev–Trinajstić information content (AvgIpc) is 2.76. The molecule has 0 atom stereocenters. The second-order valence-electron chi connectivity index (χ2n) is 7.69. The fourth-order valence-electron chi connectivity index (χ4n) is 2.81. The molecule has 3 aromatic rings. The second kappa shape index (κ2) is 10.3. The van der Waals surface area contributed by atoms with E-state index in [1.807, 2.05) is 42.5 Å². The van der Waals surface area contributed by atoms with Crippen molar-refractivity contribution in [1.29, 1.82) is 0 Å². The molecule has 0 fully saturated rings. The van der Waals surface area contributed by atoms with E-state index in [9.17, 15) is 9.59 Å².